The van der Waals surface area contributed by atoms with Gasteiger partial charge in [-0.2, -0.15) is 10.4 Å². The third kappa shape index (κ3) is 1.72. The maximum absolute atomic E-state index is 8.60. The Hall–Kier alpha value is -1.89. The number of hydrogen-bond acceptors (Lipinski definition) is 3. The van der Waals surface area contributed by atoms with Crippen molar-refractivity contribution < 1.29 is 0 Å². The van der Waals surface area contributed by atoms with Crippen molar-refractivity contribution in [3.8, 4) is 6.07 Å². The van der Waals surface area contributed by atoms with E-state index < -0.39 is 0 Å². The Kier molecular flexibility index (Phi) is 3.19. The average molecular weight is 188 g/mol. The molecule has 0 aliphatic rings. The van der Waals surface area contributed by atoms with E-state index in [4.69, 9.17) is 5.26 Å². The number of nitrogens with one attached hydrogen (secondary N) is 1. The zero-order valence-corrected chi connectivity index (χ0v) is 8.50. The van der Waals surface area contributed by atoms with Crippen molar-refractivity contribution in [1.82, 2.24) is 15.2 Å². The Bertz CT molecular complexity index is 464. The first-order chi connectivity index (χ1) is 6.81. The number of pyridine rings is 1. The van der Waals surface area contributed by atoms with Crippen molar-refractivity contribution in [1.29, 1.82) is 5.26 Å². The number of fused-ring (bicyclic) bond motifs is 1. The van der Waals surface area contributed by atoms with Gasteiger partial charge in [0.15, 0.2) is 5.65 Å². The van der Waals surface area contributed by atoms with E-state index in [0.29, 0.717) is 11.2 Å². The maximum Gasteiger partial charge on any atom is 0.181 e. The van der Waals surface area contributed by atoms with Crippen LogP contribution in [0.15, 0.2) is 12.3 Å². The van der Waals surface area contributed by atoms with Gasteiger partial charge in [-0.3, -0.25) is 5.10 Å². The molecule has 0 aliphatic carbocycles. The topological polar surface area (TPSA) is 65.4 Å². The van der Waals surface area contributed by atoms with Crippen molar-refractivity contribution >= 4 is 11.0 Å². The van der Waals surface area contributed by atoms with E-state index in [9.17, 15) is 0 Å². The van der Waals surface area contributed by atoms with E-state index in [2.05, 4.69) is 15.2 Å². The van der Waals surface area contributed by atoms with E-state index >= 15 is 0 Å². The van der Waals surface area contributed by atoms with Crippen LogP contribution in [0, 0.1) is 18.3 Å². The van der Waals surface area contributed by atoms with Crippen molar-refractivity contribution in [2.24, 2.45) is 0 Å². The van der Waals surface area contributed by atoms with Crippen LogP contribution in [-0.4, -0.2) is 15.2 Å². The lowest BCUT2D eigenvalue weighted by molar-refractivity contribution is 1.05. The lowest BCUT2D eigenvalue weighted by Gasteiger charge is -1.88. The molecule has 14 heavy (non-hydrogen) atoms. The number of hydrogen-bond donors (Lipinski definition) is 1. The van der Waals surface area contributed by atoms with Crippen LogP contribution in [0.1, 0.15) is 25.1 Å². The van der Waals surface area contributed by atoms with Crippen LogP contribution in [0.2, 0.25) is 0 Å². The molecule has 0 atom stereocenters. The van der Waals surface area contributed by atoms with Gasteiger partial charge in [0.1, 0.15) is 6.07 Å². The summed E-state index contributed by atoms with van der Waals surface area (Å²) >= 11 is 0. The first-order valence-corrected chi connectivity index (χ1v) is 4.52. The van der Waals surface area contributed by atoms with E-state index in [1.807, 2.05) is 26.8 Å². The minimum Gasteiger partial charge on any atom is -0.280 e. The Balaban J connectivity index is 0.000000461. The first-order valence-electron chi connectivity index (χ1n) is 4.52. The van der Waals surface area contributed by atoms with Crippen LogP contribution in [-0.2, 0) is 0 Å². The number of nitriles is 1. The Morgan fingerprint density at radius 1 is 1.43 bits per heavy atom. The molecule has 2 aromatic heterocycles. The van der Waals surface area contributed by atoms with E-state index in [1.54, 1.807) is 6.07 Å². The molecule has 0 bridgehead atoms. The highest BCUT2D eigenvalue weighted by molar-refractivity contribution is 5.78. The molecule has 0 amide bonds. The van der Waals surface area contributed by atoms with Crippen LogP contribution >= 0.6 is 0 Å². The number of nitrogens with zero attached hydrogens (tertiary/aromatic N) is 3. The molecule has 0 spiro atoms. The number of rotatable bonds is 0. The third-order valence-corrected chi connectivity index (χ3v) is 1.73. The zero-order chi connectivity index (χ0) is 10.6. The second kappa shape index (κ2) is 4.38. The van der Waals surface area contributed by atoms with Crippen LogP contribution < -0.4 is 0 Å². The predicted molar refractivity (Wildman–Crippen MR) is 54.7 cm³/mol. The summed E-state index contributed by atoms with van der Waals surface area (Å²) in [6, 6.07) is 3.81. The fourth-order valence-corrected chi connectivity index (χ4v) is 1.08. The Morgan fingerprint density at radius 2 is 2.14 bits per heavy atom. The van der Waals surface area contributed by atoms with Gasteiger partial charge in [0, 0.05) is 17.3 Å². The van der Waals surface area contributed by atoms with E-state index in [-0.39, 0.29) is 0 Å². The van der Waals surface area contributed by atoms with Gasteiger partial charge < -0.3 is 0 Å². The van der Waals surface area contributed by atoms with Crippen molar-refractivity contribution in [3.63, 3.8) is 0 Å². The number of aromatic amines is 1. The molecule has 0 aliphatic heterocycles. The standard InChI is InChI=1S/C8H6N4.C2H6/c1-5-7-2-6(3-9)4-10-8(7)12-11-5;1-2/h2,4H,1H3,(H,10,11,12);1-2H3. The summed E-state index contributed by atoms with van der Waals surface area (Å²) in [6.45, 7) is 5.90. The molecule has 2 heterocycles. The largest absolute Gasteiger partial charge is 0.280 e. The lowest BCUT2D eigenvalue weighted by Crippen LogP contribution is -1.79. The summed E-state index contributed by atoms with van der Waals surface area (Å²) in [7, 11) is 0. The summed E-state index contributed by atoms with van der Waals surface area (Å²) < 4.78 is 0. The highest BCUT2D eigenvalue weighted by Gasteiger charge is 2.02. The molecule has 4 nitrogen and oxygen atoms in total. The Morgan fingerprint density at radius 3 is 2.79 bits per heavy atom. The SMILES string of the molecule is CC.Cc1[nH]nc2ncc(C#N)cc12. The molecule has 0 fully saturated rings. The summed E-state index contributed by atoms with van der Waals surface area (Å²) in [6.07, 6.45) is 1.52. The molecule has 1 N–H and O–H groups in total. The van der Waals surface area contributed by atoms with Crippen molar-refractivity contribution in [3.05, 3.63) is 23.5 Å². The summed E-state index contributed by atoms with van der Waals surface area (Å²) in [5, 5.41) is 16.3. The molecule has 72 valence electrons. The molecule has 4 heteroatoms. The zero-order valence-electron chi connectivity index (χ0n) is 8.50. The highest BCUT2D eigenvalue weighted by atomic mass is 15.1. The second-order valence-electron chi connectivity index (χ2n) is 2.56. The number of aromatic nitrogens is 3. The first kappa shape index (κ1) is 10.2. The van der Waals surface area contributed by atoms with E-state index in [0.717, 1.165) is 11.1 Å². The molecule has 0 unspecified atom stereocenters. The minimum atomic E-state index is 0.562. The molecular formula is C10H12N4. The normalized spacial score (nSPS) is 9.00. The third-order valence-electron chi connectivity index (χ3n) is 1.73. The van der Waals surface area contributed by atoms with Gasteiger partial charge in [-0.15, -0.1) is 0 Å². The maximum atomic E-state index is 8.60. The summed E-state index contributed by atoms with van der Waals surface area (Å²) in [5.41, 5.74) is 2.16. The van der Waals surface area contributed by atoms with Gasteiger partial charge in [-0.25, -0.2) is 4.98 Å². The Labute approximate surface area is 82.6 Å². The lowest BCUT2D eigenvalue weighted by atomic mass is 10.2. The van der Waals surface area contributed by atoms with Gasteiger partial charge in [-0.1, -0.05) is 13.8 Å². The van der Waals surface area contributed by atoms with E-state index in [1.165, 1.54) is 6.20 Å². The van der Waals surface area contributed by atoms with Gasteiger partial charge >= 0.3 is 0 Å². The number of aryl methyl sites for hydroxylation is 1. The second-order valence-corrected chi connectivity index (χ2v) is 2.56. The van der Waals surface area contributed by atoms with Crippen LogP contribution in [0.4, 0.5) is 0 Å². The smallest absolute Gasteiger partial charge is 0.181 e. The van der Waals surface area contributed by atoms with Crippen LogP contribution in [0.3, 0.4) is 0 Å². The van der Waals surface area contributed by atoms with Gasteiger partial charge in [-0.05, 0) is 13.0 Å². The fourth-order valence-electron chi connectivity index (χ4n) is 1.08. The summed E-state index contributed by atoms with van der Waals surface area (Å²) in [4.78, 5) is 4.01. The van der Waals surface area contributed by atoms with Gasteiger partial charge in [0.05, 0.1) is 5.56 Å². The molecular weight excluding hydrogens is 176 g/mol. The molecule has 0 saturated carbocycles. The monoisotopic (exact) mass is 188 g/mol. The average Bonchev–Trinajstić information content (AvgIpc) is 2.63. The fraction of sp³-hybridized carbons (Fsp3) is 0.300. The molecule has 2 rings (SSSR count). The van der Waals surface area contributed by atoms with Gasteiger partial charge in [0.25, 0.3) is 0 Å². The number of H-pyrrole nitrogens is 1. The van der Waals surface area contributed by atoms with Crippen molar-refractivity contribution in [2.75, 3.05) is 0 Å². The molecule has 2 aromatic rings. The highest BCUT2D eigenvalue weighted by Crippen LogP contribution is 2.13. The van der Waals surface area contributed by atoms with Crippen molar-refractivity contribution in [2.45, 2.75) is 20.8 Å². The summed E-state index contributed by atoms with van der Waals surface area (Å²) in [5.74, 6) is 0. The van der Waals surface area contributed by atoms with Gasteiger partial charge in [0.2, 0.25) is 0 Å². The quantitative estimate of drug-likeness (QED) is 0.689. The minimum absolute atomic E-state index is 0.562. The molecule has 0 radical (unpaired) electrons. The van der Waals surface area contributed by atoms with Crippen LogP contribution in [0.25, 0.3) is 11.0 Å². The molecule has 0 saturated heterocycles. The van der Waals surface area contributed by atoms with Crippen LogP contribution in [0.5, 0.6) is 0 Å². The molecule has 0 aromatic carbocycles. The predicted octanol–water partition coefficient (Wildman–Crippen LogP) is 2.16.